The Kier molecular flexibility index (Phi) is 5.92. The summed E-state index contributed by atoms with van der Waals surface area (Å²) in [5, 5.41) is 0.171. The van der Waals surface area contributed by atoms with Gasteiger partial charge in [0.25, 0.3) is 5.91 Å². The van der Waals surface area contributed by atoms with Crippen molar-refractivity contribution in [3.8, 4) is 5.75 Å². The summed E-state index contributed by atoms with van der Waals surface area (Å²) in [5.74, 6) is -0.184. The van der Waals surface area contributed by atoms with Gasteiger partial charge in [-0.15, -0.1) is 0 Å². The number of piperazine rings is 1. The second-order valence-corrected chi connectivity index (χ2v) is 6.59. The van der Waals surface area contributed by atoms with Gasteiger partial charge in [-0.3, -0.25) is 9.69 Å². The molecule has 0 radical (unpaired) electrons. The largest absolute Gasteiger partial charge is 0.482 e. The maximum absolute atomic E-state index is 13.0. The van der Waals surface area contributed by atoms with Gasteiger partial charge >= 0.3 is 0 Å². The van der Waals surface area contributed by atoms with Gasteiger partial charge in [0.1, 0.15) is 11.6 Å². The Morgan fingerprint density at radius 2 is 2.12 bits per heavy atom. The molecule has 0 saturated carbocycles. The van der Waals surface area contributed by atoms with Crippen LogP contribution in [0.3, 0.4) is 0 Å². The first kappa shape index (κ1) is 17.5. The molecule has 1 aromatic rings. The molecule has 24 heavy (non-hydrogen) atoms. The Labute approximate surface area is 146 Å². The van der Waals surface area contributed by atoms with Crippen molar-refractivity contribution in [3.63, 3.8) is 0 Å². The first-order valence-electron chi connectivity index (χ1n) is 8.31. The summed E-state index contributed by atoms with van der Waals surface area (Å²) >= 11 is 5.89. The third-order valence-electron chi connectivity index (χ3n) is 4.46. The van der Waals surface area contributed by atoms with E-state index in [1.807, 2.05) is 0 Å². The lowest BCUT2D eigenvalue weighted by atomic mass is 10.2. The number of rotatable bonds is 5. The molecule has 0 spiro atoms. The van der Waals surface area contributed by atoms with Crippen molar-refractivity contribution in [3.05, 3.63) is 29.0 Å². The zero-order chi connectivity index (χ0) is 16.9. The Hall–Kier alpha value is -1.37. The minimum atomic E-state index is -0.430. The molecular weight excluding hydrogens is 335 g/mol. The molecule has 0 aliphatic carbocycles. The lowest BCUT2D eigenvalue weighted by molar-refractivity contribution is -0.135. The van der Waals surface area contributed by atoms with Crippen molar-refractivity contribution in [2.45, 2.75) is 18.9 Å². The van der Waals surface area contributed by atoms with Crippen LogP contribution in [0.4, 0.5) is 4.39 Å². The normalized spacial score (nSPS) is 21.9. The van der Waals surface area contributed by atoms with Crippen molar-refractivity contribution < 1.29 is 18.7 Å². The van der Waals surface area contributed by atoms with Crippen molar-refractivity contribution in [1.29, 1.82) is 0 Å². The van der Waals surface area contributed by atoms with Gasteiger partial charge in [0.15, 0.2) is 6.61 Å². The van der Waals surface area contributed by atoms with Crippen molar-refractivity contribution in [2.75, 3.05) is 45.9 Å². The zero-order valence-electron chi connectivity index (χ0n) is 13.5. The zero-order valence-corrected chi connectivity index (χ0v) is 14.3. The summed E-state index contributed by atoms with van der Waals surface area (Å²) in [4.78, 5) is 16.4. The van der Waals surface area contributed by atoms with E-state index >= 15 is 0 Å². The first-order chi connectivity index (χ1) is 11.6. The van der Waals surface area contributed by atoms with Gasteiger partial charge in [-0.2, -0.15) is 0 Å². The predicted octanol–water partition coefficient (Wildman–Crippen LogP) is 2.18. The van der Waals surface area contributed by atoms with Crippen LogP contribution in [0.5, 0.6) is 5.75 Å². The third-order valence-corrected chi connectivity index (χ3v) is 4.75. The average Bonchev–Trinajstić information content (AvgIpc) is 3.07. The summed E-state index contributed by atoms with van der Waals surface area (Å²) in [6.07, 6.45) is 2.62. The van der Waals surface area contributed by atoms with Gasteiger partial charge in [0.05, 0.1) is 11.1 Å². The van der Waals surface area contributed by atoms with Crippen LogP contribution in [0, 0.1) is 5.82 Å². The Morgan fingerprint density at radius 1 is 1.33 bits per heavy atom. The smallest absolute Gasteiger partial charge is 0.260 e. The van der Waals surface area contributed by atoms with E-state index in [4.69, 9.17) is 21.1 Å². The molecule has 1 atom stereocenters. The molecule has 2 saturated heterocycles. The standard InChI is InChI=1S/C17H22ClFN2O3/c18-15-10-13(19)3-4-16(15)24-12-17(22)21-7-5-20(6-8-21)11-14-2-1-9-23-14/h3-4,10,14H,1-2,5-9,11-12H2/t14-/m1/s1. The van der Waals surface area contributed by atoms with Crippen molar-refractivity contribution in [1.82, 2.24) is 9.80 Å². The van der Waals surface area contributed by atoms with Crippen LogP contribution < -0.4 is 4.74 Å². The van der Waals surface area contributed by atoms with Crippen LogP contribution in [-0.4, -0.2) is 67.7 Å². The number of amides is 1. The Bertz CT molecular complexity index is 573. The van der Waals surface area contributed by atoms with E-state index in [2.05, 4.69) is 4.90 Å². The highest BCUT2D eigenvalue weighted by Gasteiger charge is 2.25. The molecule has 7 heteroatoms. The molecule has 0 aromatic heterocycles. The number of hydrogen-bond donors (Lipinski definition) is 0. The molecule has 5 nitrogen and oxygen atoms in total. The molecule has 1 aromatic carbocycles. The maximum atomic E-state index is 13.0. The number of carbonyl (C=O) groups excluding carboxylic acids is 1. The predicted molar refractivity (Wildman–Crippen MR) is 88.9 cm³/mol. The topological polar surface area (TPSA) is 42.0 Å². The molecule has 3 rings (SSSR count). The van der Waals surface area contributed by atoms with Gasteiger partial charge in [-0.05, 0) is 31.0 Å². The number of benzene rings is 1. The second-order valence-electron chi connectivity index (χ2n) is 6.18. The minimum absolute atomic E-state index is 0.0767. The molecular formula is C17H22ClFN2O3. The lowest BCUT2D eigenvalue weighted by Gasteiger charge is -2.35. The van der Waals surface area contributed by atoms with Gasteiger partial charge < -0.3 is 14.4 Å². The highest BCUT2D eigenvalue weighted by atomic mass is 35.5. The molecule has 2 aliphatic rings. The first-order valence-corrected chi connectivity index (χ1v) is 8.69. The molecule has 1 amide bonds. The van der Waals surface area contributed by atoms with Crippen molar-refractivity contribution >= 4 is 17.5 Å². The Balaban J connectivity index is 1.41. The third kappa shape index (κ3) is 4.59. The van der Waals surface area contributed by atoms with Crippen molar-refractivity contribution in [2.24, 2.45) is 0 Å². The van der Waals surface area contributed by atoms with Crippen LogP contribution in [0.15, 0.2) is 18.2 Å². The fourth-order valence-corrected chi connectivity index (χ4v) is 3.30. The van der Waals surface area contributed by atoms with E-state index in [-0.39, 0.29) is 17.5 Å². The molecule has 2 heterocycles. The van der Waals surface area contributed by atoms with Gasteiger partial charge in [-0.25, -0.2) is 4.39 Å². The van der Waals surface area contributed by atoms with Gasteiger partial charge in [0.2, 0.25) is 0 Å². The highest BCUT2D eigenvalue weighted by Crippen LogP contribution is 2.24. The number of hydrogen-bond acceptors (Lipinski definition) is 4. The number of nitrogens with zero attached hydrogens (tertiary/aromatic N) is 2. The number of ether oxygens (including phenoxy) is 2. The van der Waals surface area contributed by atoms with Crippen LogP contribution in [0.1, 0.15) is 12.8 Å². The monoisotopic (exact) mass is 356 g/mol. The lowest BCUT2D eigenvalue weighted by Crippen LogP contribution is -2.51. The van der Waals surface area contributed by atoms with E-state index in [9.17, 15) is 9.18 Å². The van der Waals surface area contributed by atoms with Crippen LogP contribution >= 0.6 is 11.6 Å². The molecule has 2 aliphatic heterocycles. The summed E-state index contributed by atoms with van der Waals surface area (Å²) in [6.45, 7) is 4.80. The Morgan fingerprint density at radius 3 is 2.79 bits per heavy atom. The summed E-state index contributed by atoms with van der Waals surface area (Å²) in [7, 11) is 0. The summed E-state index contributed by atoms with van der Waals surface area (Å²) in [6, 6.07) is 3.87. The number of halogens is 2. The molecule has 0 N–H and O–H groups in total. The second kappa shape index (κ2) is 8.14. The average molecular weight is 357 g/mol. The van der Waals surface area contributed by atoms with E-state index < -0.39 is 5.82 Å². The quantitative estimate of drug-likeness (QED) is 0.811. The fourth-order valence-electron chi connectivity index (χ4n) is 3.08. The molecule has 132 valence electrons. The van der Waals surface area contributed by atoms with E-state index in [0.717, 1.165) is 39.1 Å². The maximum Gasteiger partial charge on any atom is 0.260 e. The van der Waals surface area contributed by atoms with Crippen LogP contribution in [0.25, 0.3) is 0 Å². The van der Waals surface area contributed by atoms with Crippen LogP contribution in [0.2, 0.25) is 5.02 Å². The summed E-state index contributed by atoms with van der Waals surface area (Å²) in [5.41, 5.74) is 0. The van der Waals surface area contributed by atoms with Gasteiger partial charge in [-0.1, -0.05) is 11.6 Å². The highest BCUT2D eigenvalue weighted by molar-refractivity contribution is 6.32. The van der Waals surface area contributed by atoms with E-state index in [0.29, 0.717) is 24.9 Å². The van der Waals surface area contributed by atoms with Crippen LogP contribution in [-0.2, 0) is 9.53 Å². The molecule has 0 unspecified atom stereocenters. The number of carbonyl (C=O) groups is 1. The fraction of sp³-hybridized carbons (Fsp3) is 0.588. The summed E-state index contributed by atoms with van der Waals surface area (Å²) < 4.78 is 24.1. The molecule has 2 fully saturated rings. The van der Waals surface area contributed by atoms with E-state index in [1.165, 1.54) is 18.2 Å². The van der Waals surface area contributed by atoms with E-state index in [1.54, 1.807) is 4.90 Å². The van der Waals surface area contributed by atoms with Gasteiger partial charge in [0, 0.05) is 39.3 Å². The minimum Gasteiger partial charge on any atom is -0.482 e. The SMILES string of the molecule is O=C(COc1ccc(F)cc1Cl)N1CCN(C[C@H]2CCCO2)CC1. The molecule has 0 bridgehead atoms.